The molecule has 1 aliphatic heterocycles. The molecule has 2 aromatic heterocycles. The zero-order valence-electron chi connectivity index (χ0n) is 13.3. The number of aliphatic hydroxyl groups excluding tert-OH is 1. The number of hydrogen-bond donors (Lipinski definition) is 1. The van der Waals surface area contributed by atoms with E-state index in [0.29, 0.717) is 17.9 Å². The summed E-state index contributed by atoms with van der Waals surface area (Å²) in [5.41, 5.74) is 1.49. The van der Waals surface area contributed by atoms with E-state index in [2.05, 4.69) is 15.3 Å². The summed E-state index contributed by atoms with van der Waals surface area (Å²) >= 11 is 1.77. The number of fused-ring (bicyclic) bond motifs is 3. The smallest absolute Gasteiger partial charge is 0.141 e. The van der Waals surface area contributed by atoms with Gasteiger partial charge in [-0.25, -0.2) is 9.97 Å². The minimum atomic E-state index is -0.103. The zero-order valence-corrected chi connectivity index (χ0v) is 14.1. The van der Waals surface area contributed by atoms with Crippen LogP contribution in [0.4, 0.5) is 5.82 Å². The van der Waals surface area contributed by atoms with Gasteiger partial charge in [0.2, 0.25) is 0 Å². The van der Waals surface area contributed by atoms with Crippen molar-refractivity contribution in [3.63, 3.8) is 0 Å². The van der Waals surface area contributed by atoms with Crippen molar-refractivity contribution >= 4 is 27.4 Å². The lowest BCUT2D eigenvalue weighted by Crippen LogP contribution is -2.38. The number of piperidine rings is 1. The summed E-state index contributed by atoms with van der Waals surface area (Å²) in [6, 6.07) is 0.465. The topological polar surface area (TPSA) is 49.2 Å². The Morgan fingerprint density at radius 2 is 2.00 bits per heavy atom. The number of hydrogen-bond acceptors (Lipinski definition) is 5. The molecule has 5 heteroatoms. The van der Waals surface area contributed by atoms with Crippen LogP contribution in [0, 0.1) is 5.92 Å². The molecule has 5 rings (SSSR count). The molecule has 1 saturated heterocycles. The average Bonchev–Trinajstić information content (AvgIpc) is 3.28. The monoisotopic (exact) mass is 329 g/mol. The van der Waals surface area contributed by atoms with Gasteiger partial charge in [-0.2, -0.15) is 0 Å². The molecule has 122 valence electrons. The van der Waals surface area contributed by atoms with Gasteiger partial charge in [0.25, 0.3) is 0 Å². The van der Waals surface area contributed by atoms with Gasteiger partial charge in [0.05, 0.1) is 11.5 Å². The van der Waals surface area contributed by atoms with Gasteiger partial charge in [-0.15, -0.1) is 11.3 Å². The Morgan fingerprint density at radius 3 is 2.74 bits per heavy atom. The van der Waals surface area contributed by atoms with E-state index in [9.17, 15) is 5.11 Å². The maximum absolute atomic E-state index is 10.1. The molecule has 23 heavy (non-hydrogen) atoms. The van der Waals surface area contributed by atoms with Gasteiger partial charge < -0.3 is 10.0 Å². The van der Waals surface area contributed by atoms with Gasteiger partial charge in [-0.1, -0.05) is 19.3 Å². The van der Waals surface area contributed by atoms with Crippen LogP contribution in [-0.4, -0.2) is 33.8 Å². The number of aromatic nitrogens is 2. The molecule has 2 saturated carbocycles. The van der Waals surface area contributed by atoms with Crippen LogP contribution in [0.25, 0.3) is 10.2 Å². The first kappa shape index (κ1) is 14.2. The summed E-state index contributed by atoms with van der Waals surface area (Å²) in [4.78, 5) is 12.8. The Bertz CT molecular complexity index is 722. The molecule has 2 bridgehead atoms. The van der Waals surface area contributed by atoms with E-state index in [1.165, 1.54) is 43.1 Å². The normalized spacial score (nSPS) is 31.3. The molecule has 2 aromatic rings. The summed E-state index contributed by atoms with van der Waals surface area (Å²) in [6.07, 6.45) is 10.4. The molecule has 3 unspecified atom stereocenters. The SMILES string of the molecule is OC1CC2CC1CN2c1ncnc2scc(C3CCCCC3)c12. The molecular weight excluding hydrogens is 306 g/mol. The lowest BCUT2D eigenvalue weighted by molar-refractivity contribution is 0.127. The van der Waals surface area contributed by atoms with Crippen LogP contribution in [0.2, 0.25) is 0 Å². The van der Waals surface area contributed by atoms with Crippen LogP contribution >= 0.6 is 11.3 Å². The molecule has 0 aromatic carbocycles. The van der Waals surface area contributed by atoms with Crippen molar-refractivity contribution in [3.05, 3.63) is 17.3 Å². The van der Waals surface area contributed by atoms with E-state index >= 15 is 0 Å². The Hall–Kier alpha value is -1.20. The van der Waals surface area contributed by atoms with Gasteiger partial charge in [0.15, 0.2) is 0 Å². The van der Waals surface area contributed by atoms with Crippen LogP contribution in [-0.2, 0) is 0 Å². The van der Waals surface area contributed by atoms with E-state index in [1.807, 2.05) is 0 Å². The Kier molecular flexibility index (Phi) is 3.34. The van der Waals surface area contributed by atoms with E-state index in [4.69, 9.17) is 4.98 Å². The molecule has 1 N–H and O–H groups in total. The molecule has 0 radical (unpaired) electrons. The van der Waals surface area contributed by atoms with Crippen LogP contribution in [0.3, 0.4) is 0 Å². The Balaban J connectivity index is 1.57. The molecule has 3 atom stereocenters. The predicted molar refractivity (Wildman–Crippen MR) is 93.1 cm³/mol. The summed E-state index contributed by atoms with van der Waals surface area (Å²) in [5, 5.41) is 13.7. The van der Waals surface area contributed by atoms with Crippen molar-refractivity contribution in [2.24, 2.45) is 5.92 Å². The van der Waals surface area contributed by atoms with Crippen LogP contribution in [0.15, 0.2) is 11.7 Å². The number of anilines is 1. The molecule has 2 aliphatic carbocycles. The van der Waals surface area contributed by atoms with Gasteiger partial charge in [-0.3, -0.25) is 0 Å². The number of aliphatic hydroxyl groups is 1. The molecule has 4 nitrogen and oxygen atoms in total. The Morgan fingerprint density at radius 1 is 1.13 bits per heavy atom. The van der Waals surface area contributed by atoms with Gasteiger partial charge in [-0.05, 0) is 42.5 Å². The first-order valence-electron chi connectivity index (χ1n) is 8.98. The first-order valence-corrected chi connectivity index (χ1v) is 9.86. The fourth-order valence-corrected chi connectivity index (χ4v) is 5.98. The molecule has 0 amide bonds. The van der Waals surface area contributed by atoms with Crippen molar-refractivity contribution in [2.45, 2.75) is 63.0 Å². The second-order valence-corrected chi connectivity index (χ2v) is 8.37. The minimum Gasteiger partial charge on any atom is -0.393 e. The highest BCUT2D eigenvalue weighted by atomic mass is 32.1. The lowest BCUT2D eigenvalue weighted by Gasteiger charge is -2.31. The minimum absolute atomic E-state index is 0.103. The third kappa shape index (κ3) is 2.20. The summed E-state index contributed by atoms with van der Waals surface area (Å²) in [6.45, 7) is 0.956. The van der Waals surface area contributed by atoms with Gasteiger partial charge in [0.1, 0.15) is 17.0 Å². The van der Waals surface area contributed by atoms with Crippen molar-refractivity contribution in [2.75, 3.05) is 11.4 Å². The highest BCUT2D eigenvalue weighted by Gasteiger charge is 2.45. The van der Waals surface area contributed by atoms with Crippen molar-refractivity contribution in [3.8, 4) is 0 Å². The lowest BCUT2D eigenvalue weighted by atomic mass is 9.84. The van der Waals surface area contributed by atoms with E-state index in [-0.39, 0.29) is 6.10 Å². The van der Waals surface area contributed by atoms with E-state index in [1.54, 1.807) is 17.7 Å². The largest absolute Gasteiger partial charge is 0.393 e. The standard InChI is InChI=1S/C18H23N3OS/c22-15-7-13-6-12(15)8-21(13)17-16-14(11-4-2-1-3-5-11)9-23-18(16)20-10-19-17/h9-13,15,22H,1-8H2. The quantitative estimate of drug-likeness (QED) is 0.913. The molecular formula is C18H23N3OS. The highest BCUT2D eigenvalue weighted by molar-refractivity contribution is 7.17. The second kappa shape index (κ2) is 5.42. The fourth-order valence-electron chi connectivity index (χ4n) is 5.00. The average molecular weight is 329 g/mol. The highest BCUT2D eigenvalue weighted by Crippen LogP contribution is 2.45. The van der Waals surface area contributed by atoms with E-state index < -0.39 is 0 Å². The maximum atomic E-state index is 10.1. The van der Waals surface area contributed by atoms with Crippen LogP contribution in [0.1, 0.15) is 56.4 Å². The fraction of sp³-hybridized carbons (Fsp3) is 0.667. The third-order valence-electron chi connectivity index (χ3n) is 6.20. The van der Waals surface area contributed by atoms with Crippen LogP contribution < -0.4 is 4.90 Å². The third-order valence-corrected chi connectivity index (χ3v) is 7.10. The zero-order chi connectivity index (χ0) is 15.4. The second-order valence-electron chi connectivity index (χ2n) is 7.51. The number of nitrogens with zero attached hydrogens (tertiary/aromatic N) is 3. The summed E-state index contributed by atoms with van der Waals surface area (Å²) in [5.74, 6) is 2.26. The molecule has 3 aliphatic rings. The maximum Gasteiger partial charge on any atom is 0.141 e. The van der Waals surface area contributed by atoms with Gasteiger partial charge in [0, 0.05) is 18.5 Å². The first-order chi connectivity index (χ1) is 11.3. The van der Waals surface area contributed by atoms with Crippen molar-refractivity contribution in [1.29, 1.82) is 0 Å². The van der Waals surface area contributed by atoms with E-state index in [0.717, 1.165) is 30.0 Å². The molecule has 0 spiro atoms. The molecule has 3 fully saturated rings. The molecule has 3 heterocycles. The van der Waals surface area contributed by atoms with Crippen molar-refractivity contribution < 1.29 is 5.11 Å². The number of rotatable bonds is 2. The summed E-state index contributed by atoms with van der Waals surface area (Å²) < 4.78 is 0. The number of thiophene rings is 1. The predicted octanol–water partition coefficient (Wildman–Crippen LogP) is 3.70. The van der Waals surface area contributed by atoms with Gasteiger partial charge >= 0.3 is 0 Å². The van der Waals surface area contributed by atoms with Crippen molar-refractivity contribution in [1.82, 2.24) is 9.97 Å². The van der Waals surface area contributed by atoms with Crippen LogP contribution in [0.5, 0.6) is 0 Å². The summed E-state index contributed by atoms with van der Waals surface area (Å²) in [7, 11) is 0. The Labute approximate surface area is 140 Å².